The molecule has 0 aliphatic carbocycles. The van der Waals surface area contributed by atoms with Crippen molar-refractivity contribution in [2.24, 2.45) is 0 Å². The Balaban J connectivity index is 4.35. The summed E-state index contributed by atoms with van der Waals surface area (Å²) in [7, 11) is 0. The number of esters is 1. The molecule has 0 aromatic heterocycles. The lowest BCUT2D eigenvalue weighted by Gasteiger charge is -2.32. The number of hydrogen-bond donors (Lipinski definition) is 0. The second-order valence-electron chi connectivity index (χ2n) is 4.69. The number of hydrogen-bond acceptors (Lipinski definition) is 4. The monoisotopic (exact) mass is 275 g/mol. The SMILES string of the molecule is CCOC(=O)CSC(C)C(=O)N(C(C)C)C(C)C. The molecule has 1 unspecified atom stereocenters. The zero-order chi connectivity index (χ0) is 14.3. The van der Waals surface area contributed by atoms with E-state index >= 15 is 0 Å². The lowest BCUT2D eigenvalue weighted by atomic mass is 10.2. The van der Waals surface area contributed by atoms with Gasteiger partial charge in [0, 0.05) is 12.1 Å². The average Bonchev–Trinajstić information content (AvgIpc) is 2.25. The third-order valence-electron chi connectivity index (χ3n) is 2.47. The van der Waals surface area contributed by atoms with Crippen LogP contribution in [0.5, 0.6) is 0 Å². The molecule has 0 radical (unpaired) electrons. The van der Waals surface area contributed by atoms with Gasteiger partial charge in [-0.2, -0.15) is 0 Å². The van der Waals surface area contributed by atoms with Crippen LogP contribution in [0.1, 0.15) is 41.5 Å². The van der Waals surface area contributed by atoms with Crippen molar-refractivity contribution in [3.8, 4) is 0 Å². The van der Waals surface area contributed by atoms with Crippen LogP contribution < -0.4 is 0 Å². The van der Waals surface area contributed by atoms with Crippen LogP contribution in [-0.4, -0.2) is 46.5 Å². The van der Waals surface area contributed by atoms with E-state index in [1.807, 2.05) is 39.5 Å². The average molecular weight is 275 g/mol. The molecule has 1 atom stereocenters. The number of nitrogens with zero attached hydrogens (tertiary/aromatic N) is 1. The van der Waals surface area contributed by atoms with E-state index in [0.717, 1.165) is 0 Å². The molecule has 0 saturated carbocycles. The Bertz CT molecular complexity index is 271. The quantitative estimate of drug-likeness (QED) is 0.669. The van der Waals surface area contributed by atoms with E-state index in [1.54, 1.807) is 6.92 Å². The van der Waals surface area contributed by atoms with Crippen LogP contribution in [0, 0.1) is 0 Å². The number of carbonyl (C=O) groups excluding carboxylic acids is 2. The highest BCUT2D eigenvalue weighted by molar-refractivity contribution is 8.01. The van der Waals surface area contributed by atoms with Gasteiger partial charge in [0.1, 0.15) is 0 Å². The van der Waals surface area contributed by atoms with Crippen molar-refractivity contribution >= 4 is 23.6 Å². The van der Waals surface area contributed by atoms with Gasteiger partial charge in [-0.25, -0.2) is 0 Å². The van der Waals surface area contributed by atoms with Gasteiger partial charge in [0.25, 0.3) is 0 Å². The van der Waals surface area contributed by atoms with Crippen molar-refractivity contribution in [3.05, 3.63) is 0 Å². The van der Waals surface area contributed by atoms with Gasteiger partial charge in [0.2, 0.25) is 5.91 Å². The van der Waals surface area contributed by atoms with Gasteiger partial charge < -0.3 is 9.64 Å². The lowest BCUT2D eigenvalue weighted by molar-refractivity contribution is -0.139. The maximum atomic E-state index is 12.2. The second-order valence-corrected chi connectivity index (χ2v) is 6.02. The van der Waals surface area contributed by atoms with Crippen molar-refractivity contribution < 1.29 is 14.3 Å². The zero-order valence-corrected chi connectivity index (χ0v) is 13.0. The number of ether oxygens (including phenoxy) is 1. The summed E-state index contributed by atoms with van der Waals surface area (Å²) < 4.78 is 4.84. The fraction of sp³-hybridized carbons (Fsp3) is 0.846. The molecule has 5 heteroatoms. The molecule has 0 bridgehead atoms. The smallest absolute Gasteiger partial charge is 0.315 e. The Hall–Kier alpha value is -0.710. The Morgan fingerprint density at radius 3 is 2.00 bits per heavy atom. The van der Waals surface area contributed by atoms with E-state index in [4.69, 9.17) is 4.74 Å². The van der Waals surface area contributed by atoms with Gasteiger partial charge in [-0.1, -0.05) is 0 Å². The van der Waals surface area contributed by atoms with Crippen molar-refractivity contribution in [1.82, 2.24) is 4.90 Å². The predicted octanol–water partition coefficient (Wildman–Crippen LogP) is 2.32. The summed E-state index contributed by atoms with van der Waals surface area (Å²) in [5.41, 5.74) is 0. The molecule has 106 valence electrons. The first-order valence-corrected chi connectivity index (χ1v) is 7.45. The van der Waals surface area contributed by atoms with Gasteiger partial charge >= 0.3 is 5.97 Å². The van der Waals surface area contributed by atoms with E-state index < -0.39 is 0 Å². The standard InChI is InChI=1S/C13H25NO3S/c1-7-17-12(15)8-18-11(6)13(16)14(9(2)3)10(4)5/h9-11H,7-8H2,1-6H3. The molecule has 0 aromatic carbocycles. The van der Waals surface area contributed by atoms with Crippen LogP contribution >= 0.6 is 11.8 Å². The van der Waals surface area contributed by atoms with Crippen LogP contribution in [0.15, 0.2) is 0 Å². The van der Waals surface area contributed by atoms with Crippen LogP contribution in [0.2, 0.25) is 0 Å². The van der Waals surface area contributed by atoms with Crippen LogP contribution in [-0.2, 0) is 14.3 Å². The molecule has 0 spiro atoms. The van der Waals surface area contributed by atoms with Gasteiger partial charge in [0.15, 0.2) is 0 Å². The summed E-state index contributed by atoms with van der Waals surface area (Å²) in [6, 6.07) is 0.339. The summed E-state index contributed by atoms with van der Waals surface area (Å²) in [5, 5.41) is -0.223. The first-order chi connectivity index (χ1) is 8.31. The molecule has 0 fully saturated rings. The Kier molecular flexibility index (Phi) is 8.07. The molecular formula is C13H25NO3S. The molecule has 0 aliphatic heterocycles. The van der Waals surface area contributed by atoms with Crippen LogP contribution in [0.25, 0.3) is 0 Å². The highest BCUT2D eigenvalue weighted by Crippen LogP contribution is 2.17. The third kappa shape index (κ3) is 5.76. The summed E-state index contributed by atoms with van der Waals surface area (Å²) >= 11 is 1.33. The summed E-state index contributed by atoms with van der Waals surface area (Å²) in [6.07, 6.45) is 0. The maximum Gasteiger partial charge on any atom is 0.315 e. The Morgan fingerprint density at radius 1 is 1.11 bits per heavy atom. The third-order valence-corrected chi connectivity index (χ3v) is 3.58. The summed E-state index contributed by atoms with van der Waals surface area (Å²) in [6.45, 7) is 12.0. The minimum absolute atomic E-state index is 0.0781. The Labute approximate surface area is 114 Å². The first-order valence-electron chi connectivity index (χ1n) is 6.40. The molecule has 0 aromatic rings. The molecule has 1 amide bonds. The molecular weight excluding hydrogens is 250 g/mol. The highest BCUT2D eigenvalue weighted by atomic mass is 32.2. The van der Waals surface area contributed by atoms with E-state index in [9.17, 15) is 9.59 Å². The molecule has 4 nitrogen and oxygen atoms in total. The van der Waals surface area contributed by atoms with Gasteiger partial charge in [-0.05, 0) is 41.5 Å². The van der Waals surface area contributed by atoms with Gasteiger partial charge in [-0.15, -0.1) is 11.8 Å². The van der Waals surface area contributed by atoms with Crippen molar-refractivity contribution in [1.29, 1.82) is 0 Å². The summed E-state index contributed by atoms with van der Waals surface area (Å²) in [5.74, 6) is 0.0437. The fourth-order valence-corrected chi connectivity index (χ4v) is 2.52. The molecule has 0 rings (SSSR count). The van der Waals surface area contributed by atoms with Crippen LogP contribution in [0.4, 0.5) is 0 Å². The zero-order valence-electron chi connectivity index (χ0n) is 12.2. The topological polar surface area (TPSA) is 46.6 Å². The fourth-order valence-electron chi connectivity index (χ4n) is 1.78. The molecule has 0 N–H and O–H groups in total. The number of thioether (sulfide) groups is 1. The maximum absolute atomic E-state index is 12.2. The lowest BCUT2D eigenvalue weighted by Crippen LogP contribution is -2.45. The largest absolute Gasteiger partial charge is 0.465 e. The van der Waals surface area contributed by atoms with E-state index in [0.29, 0.717) is 6.61 Å². The normalized spacial score (nSPS) is 12.7. The number of amides is 1. The first kappa shape index (κ1) is 17.3. The summed E-state index contributed by atoms with van der Waals surface area (Å²) in [4.78, 5) is 25.3. The Morgan fingerprint density at radius 2 is 1.61 bits per heavy atom. The van der Waals surface area contributed by atoms with Gasteiger partial charge in [0.05, 0.1) is 17.6 Å². The molecule has 18 heavy (non-hydrogen) atoms. The molecule has 0 aliphatic rings. The van der Waals surface area contributed by atoms with Crippen molar-refractivity contribution in [2.45, 2.75) is 58.9 Å². The number of carbonyl (C=O) groups is 2. The minimum Gasteiger partial charge on any atom is -0.465 e. The number of rotatable bonds is 7. The van der Waals surface area contributed by atoms with Gasteiger partial charge in [-0.3, -0.25) is 9.59 Å². The second kappa shape index (κ2) is 8.40. The predicted molar refractivity (Wildman–Crippen MR) is 75.7 cm³/mol. The minimum atomic E-state index is -0.261. The van der Waals surface area contributed by atoms with E-state index in [1.165, 1.54) is 11.8 Å². The highest BCUT2D eigenvalue weighted by Gasteiger charge is 2.25. The van der Waals surface area contributed by atoms with Crippen molar-refractivity contribution in [2.75, 3.05) is 12.4 Å². The molecule has 0 heterocycles. The van der Waals surface area contributed by atoms with E-state index in [2.05, 4.69) is 0 Å². The van der Waals surface area contributed by atoms with Crippen LogP contribution in [0.3, 0.4) is 0 Å². The molecule has 0 saturated heterocycles. The van der Waals surface area contributed by atoms with E-state index in [-0.39, 0.29) is 35.0 Å². The van der Waals surface area contributed by atoms with Crippen molar-refractivity contribution in [3.63, 3.8) is 0 Å².